The molecule has 0 fully saturated rings. The molecule has 1 aromatic carbocycles. The van der Waals surface area contributed by atoms with E-state index in [1.165, 1.54) is 4.57 Å². The molecule has 0 saturated carbocycles. The zero-order valence-electron chi connectivity index (χ0n) is 13.4. The molecule has 0 spiro atoms. The van der Waals surface area contributed by atoms with E-state index in [1.54, 1.807) is 13.2 Å². The largest absolute Gasteiger partial charge is 0.326 e. The van der Waals surface area contributed by atoms with Crippen molar-refractivity contribution in [1.29, 1.82) is 0 Å². The molecule has 0 atom stereocenters. The molecule has 0 bridgehead atoms. The lowest BCUT2D eigenvalue weighted by Gasteiger charge is -2.05. The molecule has 0 aliphatic carbocycles. The minimum absolute atomic E-state index is 0.177. The number of hydrogen-bond acceptors (Lipinski definition) is 4. The van der Waals surface area contributed by atoms with Gasteiger partial charge in [0.05, 0.1) is 34.0 Å². The predicted molar refractivity (Wildman–Crippen MR) is 97.4 cm³/mol. The summed E-state index contributed by atoms with van der Waals surface area (Å²) in [4.78, 5) is 28.5. The normalized spacial score (nSPS) is 11.6. The van der Waals surface area contributed by atoms with Gasteiger partial charge in [0.25, 0.3) is 0 Å². The molecule has 4 aromatic heterocycles. The number of benzene rings is 1. The van der Waals surface area contributed by atoms with Crippen LogP contribution >= 0.6 is 0 Å². The van der Waals surface area contributed by atoms with Gasteiger partial charge in [-0.1, -0.05) is 18.2 Å². The van der Waals surface area contributed by atoms with E-state index in [1.807, 2.05) is 42.6 Å². The fraction of sp³-hybridized carbons (Fsp3) is 0.0526. The summed E-state index contributed by atoms with van der Waals surface area (Å²) in [5.74, 6) is 0. The number of rotatable bonds is 1. The third-order valence-corrected chi connectivity index (χ3v) is 4.48. The van der Waals surface area contributed by atoms with E-state index < -0.39 is 0 Å². The summed E-state index contributed by atoms with van der Waals surface area (Å²) in [7, 11) is 1.71. The molecular weight excluding hydrogens is 314 g/mol. The van der Waals surface area contributed by atoms with Gasteiger partial charge >= 0.3 is 5.69 Å². The molecule has 0 aliphatic heterocycles. The number of nitrogens with one attached hydrogen (secondary N) is 1. The Labute approximate surface area is 141 Å². The first kappa shape index (κ1) is 13.9. The fourth-order valence-corrected chi connectivity index (χ4v) is 3.11. The molecule has 0 amide bonds. The Morgan fingerprint density at radius 3 is 2.76 bits per heavy atom. The second-order valence-corrected chi connectivity index (χ2v) is 5.99. The topological polar surface area (TPSA) is 76.5 Å². The fourth-order valence-electron chi connectivity index (χ4n) is 3.11. The van der Waals surface area contributed by atoms with Crippen molar-refractivity contribution >= 4 is 33.0 Å². The summed E-state index contributed by atoms with van der Waals surface area (Å²) < 4.78 is 1.54. The number of para-hydroxylation sites is 1. The van der Waals surface area contributed by atoms with Crippen LogP contribution in [0.25, 0.3) is 44.2 Å². The third kappa shape index (κ3) is 2.04. The van der Waals surface area contributed by atoms with E-state index in [2.05, 4.69) is 21.0 Å². The molecule has 120 valence electrons. The van der Waals surface area contributed by atoms with Gasteiger partial charge in [0.2, 0.25) is 0 Å². The average molecular weight is 327 g/mol. The Bertz CT molecular complexity index is 1330. The minimum atomic E-state index is -0.177. The van der Waals surface area contributed by atoms with Gasteiger partial charge in [-0.15, -0.1) is 0 Å². The third-order valence-electron chi connectivity index (χ3n) is 4.48. The van der Waals surface area contributed by atoms with Crippen LogP contribution in [0.1, 0.15) is 0 Å². The van der Waals surface area contributed by atoms with E-state index in [4.69, 9.17) is 4.98 Å². The van der Waals surface area contributed by atoms with Crippen molar-refractivity contribution in [1.82, 2.24) is 24.5 Å². The van der Waals surface area contributed by atoms with Crippen molar-refractivity contribution in [2.45, 2.75) is 0 Å². The Kier molecular flexibility index (Phi) is 2.76. The summed E-state index contributed by atoms with van der Waals surface area (Å²) in [6.07, 6.45) is 3.51. The lowest BCUT2D eigenvalue weighted by atomic mass is 10.1. The van der Waals surface area contributed by atoms with Gasteiger partial charge in [-0.05, 0) is 24.3 Å². The van der Waals surface area contributed by atoms with Crippen LogP contribution in [0.3, 0.4) is 0 Å². The zero-order chi connectivity index (χ0) is 17.0. The Morgan fingerprint density at radius 2 is 1.84 bits per heavy atom. The van der Waals surface area contributed by atoms with E-state index in [0.717, 1.165) is 33.2 Å². The van der Waals surface area contributed by atoms with Crippen molar-refractivity contribution in [3.63, 3.8) is 0 Å². The molecule has 1 N–H and O–H groups in total. The maximum Gasteiger partial charge on any atom is 0.326 e. The highest BCUT2D eigenvalue weighted by atomic mass is 16.1. The highest BCUT2D eigenvalue weighted by molar-refractivity contribution is 6.00. The molecular formula is C19H13N5O. The number of nitrogens with zero attached hydrogens (tertiary/aromatic N) is 4. The van der Waals surface area contributed by atoms with Crippen LogP contribution in [0, 0.1) is 0 Å². The monoisotopic (exact) mass is 327 g/mol. The molecule has 0 unspecified atom stereocenters. The number of aromatic amines is 1. The van der Waals surface area contributed by atoms with Crippen LogP contribution in [0.4, 0.5) is 0 Å². The van der Waals surface area contributed by atoms with Gasteiger partial charge in [0, 0.05) is 24.2 Å². The summed E-state index contributed by atoms with van der Waals surface area (Å²) in [5, 5.41) is 1.06. The van der Waals surface area contributed by atoms with Crippen LogP contribution in [0.15, 0.2) is 59.7 Å². The standard InChI is InChI=1S/C19H13N5O/c1-24-16-10-21-15-7-6-14(22-17(15)18(16)23-19(24)25)12-8-11-4-2-3-5-13(11)20-9-12/h2-10H,1H3,(H,23,25). The van der Waals surface area contributed by atoms with E-state index in [-0.39, 0.29) is 5.69 Å². The van der Waals surface area contributed by atoms with Crippen LogP contribution in [0.2, 0.25) is 0 Å². The maximum atomic E-state index is 11.9. The van der Waals surface area contributed by atoms with Crippen molar-refractivity contribution in [3.8, 4) is 11.3 Å². The van der Waals surface area contributed by atoms with Gasteiger partial charge in [0.1, 0.15) is 5.52 Å². The predicted octanol–water partition coefficient (Wildman–Crippen LogP) is 3.03. The number of H-pyrrole nitrogens is 1. The summed E-state index contributed by atoms with van der Waals surface area (Å²) in [6.45, 7) is 0. The molecule has 0 aliphatic rings. The highest BCUT2D eigenvalue weighted by Gasteiger charge is 2.11. The number of aromatic nitrogens is 5. The van der Waals surface area contributed by atoms with Crippen molar-refractivity contribution in [2.75, 3.05) is 0 Å². The van der Waals surface area contributed by atoms with E-state index >= 15 is 0 Å². The zero-order valence-corrected chi connectivity index (χ0v) is 13.4. The molecule has 6 nitrogen and oxygen atoms in total. The van der Waals surface area contributed by atoms with Gasteiger partial charge in [-0.25, -0.2) is 9.78 Å². The van der Waals surface area contributed by atoms with Crippen LogP contribution in [-0.4, -0.2) is 24.5 Å². The van der Waals surface area contributed by atoms with Crippen molar-refractivity contribution in [2.24, 2.45) is 7.05 Å². The molecule has 5 aromatic rings. The van der Waals surface area contributed by atoms with E-state index in [0.29, 0.717) is 11.0 Å². The number of imidazole rings is 1. The molecule has 0 radical (unpaired) electrons. The first-order chi connectivity index (χ1) is 12.2. The molecule has 0 saturated heterocycles. The first-order valence-electron chi connectivity index (χ1n) is 7.90. The SMILES string of the molecule is Cn1c(=O)[nH]c2c3nc(-c4cnc5ccccc5c4)ccc3ncc21. The van der Waals surface area contributed by atoms with Crippen LogP contribution in [-0.2, 0) is 7.05 Å². The van der Waals surface area contributed by atoms with Gasteiger partial charge in [0.15, 0.2) is 0 Å². The number of hydrogen-bond donors (Lipinski definition) is 1. The second kappa shape index (κ2) is 4.98. The Morgan fingerprint density at radius 1 is 1.00 bits per heavy atom. The Hall–Kier alpha value is -3.54. The highest BCUT2D eigenvalue weighted by Crippen LogP contribution is 2.25. The van der Waals surface area contributed by atoms with Gasteiger partial charge in [-0.3, -0.25) is 14.5 Å². The summed E-state index contributed by atoms with van der Waals surface area (Å²) >= 11 is 0. The van der Waals surface area contributed by atoms with Crippen LogP contribution < -0.4 is 5.69 Å². The number of aryl methyl sites for hydroxylation is 1. The van der Waals surface area contributed by atoms with Crippen molar-refractivity contribution < 1.29 is 0 Å². The smallest absolute Gasteiger partial charge is 0.304 e. The van der Waals surface area contributed by atoms with Gasteiger partial charge < -0.3 is 4.98 Å². The van der Waals surface area contributed by atoms with Gasteiger partial charge in [-0.2, -0.15) is 0 Å². The molecule has 6 heteroatoms. The second-order valence-electron chi connectivity index (χ2n) is 5.99. The Balaban J connectivity index is 1.79. The van der Waals surface area contributed by atoms with Crippen LogP contribution in [0.5, 0.6) is 0 Å². The molecule has 25 heavy (non-hydrogen) atoms. The minimum Gasteiger partial charge on any atom is -0.304 e. The first-order valence-corrected chi connectivity index (χ1v) is 7.90. The summed E-state index contributed by atoms with van der Waals surface area (Å²) in [5.41, 5.74) is 5.35. The number of pyridine rings is 3. The quantitative estimate of drug-likeness (QED) is 0.513. The maximum absolute atomic E-state index is 11.9. The number of fused-ring (bicyclic) bond motifs is 4. The lowest BCUT2D eigenvalue weighted by Crippen LogP contribution is -2.11. The van der Waals surface area contributed by atoms with E-state index in [9.17, 15) is 4.79 Å². The average Bonchev–Trinajstić information content (AvgIpc) is 2.95. The molecule has 5 rings (SSSR count). The van der Waals surface area contributed by atoms with Crippen molar-refractivity contribution in [3.05, 3.63) is 65.3 Å². The lowest BCUT2D eigenvalue weighted by molar-refractivity contribution is 0.890. The summed E-state index contributed by atoms with van der Waals surface area (Å²) in [6, 6.07) is 13.9. The molecule has 4 heterocycles.